The van der Waals surface area contributed by atoms with Crippen LogP contribution in [0.4, 0.5) is 0 Å². The summed E-state index contributed by atoms with van der Waals surface area (Å²) in [5.74, 6) is 1.67. The van der Waals surface area contributed by atoms with E-state index in [-0.39, 0.29) is 0 Å². The molecule has 1 saturated heterocycles. The minimum Gasteiger partial charge on any atom is -0.492 e. The van der Waals surface area contributed by atoms with Crippen LogP contribution in [-0.2, 0) is 13.1 Å². The highest BCUT2D eigenvalue weighted by Gasteiger charge is 2.15. The highest BCUT2D eigenvalue weighted by Crippen LogP contribution is 2.10. The zero-order valence-electron chi connectivity index (χ0n) is 18.3. The Morgan fingerprint density at radius 2 is 1.57 bits per heavy atom. The van der Waals surface area contributed by atoms with Crippen molar-refractivity contribution in [1.82, 2.24) is 20.4 Å². The van der Waals surface area contributed by atoms with E-state index in [9.17, 15) is 0 Å². The zero-order chi connectivity index (χ0) is 21.0. The van der Waals surface area contributed by atoms with Crippen LogP contribution in [0.3, 0.4) is 0 Å². The number of nitrogens with zero attached hydrogens (tertiary/aromatic N) is 3. The SMILES string of the molecule is CCN1CCN(Cc2ccc(CNC(=NC)NCCOc3ccccc3)cc2)CC1. The molecule has 0 saturated carbocycles. The van der Waals surface area contributed by atoms with E-state index in [1.807, 2.05) is 30.3 Å². The molecule has 1 heterocycles. The maximum absolute atomic E-state index is 5.70. The molecule has 0 aliphatic carbocycles. The molecule has 6 nitrogen and oxygen atoms in total. The average molecular weight is 410 g/mol. The molecule has 3 rings (SSSR count). The van der Waals surface area contributed by atoms with Crippen LogP contribution >= 0.6 is 0 Å². The lowest BCUT2D eigenvalue weighted by Crippen LogP contribution is -2.45. The van der Waals surface area contributed by atoms with Crippen LogP contribution in [0.25, 0.3) is 0 Å². The molecule has 2 N–H and O–H groups in total. The number of aliphatic imine (C=N–C) groups is 1. The van der Waals surface area contributed by atoms with Gasteiger partial charge in [0.05, 0.1) is 6.54 Å². The largest absolute Gasteiger partial charge is 0.492 e. The standard InChI is InChI=1S/C24H35N5O/c1-3-28-14-16-29(17-15-28)20-22-11-9-21(10-12-22)19-27-24(25-2)26-13-18-30-23-7-5-4-6-8-23/h4-12H,3,13-20H2,1-2H3,(H2,25,26,27). The van der Waals surface area contributed by atoms with Crippen LogP contribution < -0.4 is 15.4 Å². The summed E-state index contributed by atoms with van der Waals surface area (Å²) in [4.78, 5) is 9.34. The first-order valence-corrected chi connectivity index (χ1v) is 10.9. The first-order chi connectivity index (χ1) is 14.8. The number of benzene rings is 2. The number of hydrogen-bond donors (Lipinski definition) is 2. The molecule has 30 heavy (non-hydrogen) atoms. The summed E-state index contributed by atoms with van der Waals surface area (Å²) >= 11 is 0. The zero-order valence-corrected chi connectivity index (χ0v) is 18.3. The molecule has 0 atom stereocenters. The van der Waals surface area contributed by atoms with E-state index >= 15 is 0 Å². The van der Waals surface area contributed by atoms with Gasteiger partial charge in [-0.05, 0) is 29.8 Å². The minimum absolute atomic E-state index is 0.589. The number of ether oxygens (including phenoxy) is 1. The number of para-hydroxylation sites is 1. The van der Waals surface area contributed by atoms with Gasteiger partial charge in [-0.3, -0.25) is 9.89 Å². The maximum atomic E-state index is 5.70. The van der Waals surface area contributed by atoms with Gasteiger partial charge in [0, 0.05) is 46.3 Å². The van der Waals surface area contributed by atoms with E-state index in [1.54, 1.807) is 7.05 Å². The molecule has 0 bridgehead atoms. The Balaban J connectivity index is 1.35. The van der Waals surface area contributed by atoms with E-state index in [0.717, 1.165) is 44.4 Å². The van der Waals surface area contributed by atoms with Gasteiger partial charge in [-0.15, -0.1) is 0 Å². The predicted molar refractivity (Wildman–Crippen MR) is 124 cm³/mol. The fourth-order valence-electron chi connectivity index (χ4n) is 3.55. The predicted octanol–water partition coefficient (Wildman–Crippen LogP) is 2.57. The van der Waals surface area contributed by atoms with E-state index in [4.69, 9.17) is 4.74 Å². The minimum atomic E-state index is 0.589. The molecule has 0 radical (unpaired) electrons. The van der Waals surface area contributed by atoms with Gasteiger partial charge in [0.2, 0.25) is 0 Å². The summed E-state index contributed by atoms with van der Waals surface area (Å²) in [5.41, 5.74) is 2.63. The lowest BCUT2D eigenvalue weighted by Gasteiger charge is -2.34. The molecule has 0 spiro atoms. The van der Waals surface area contributed by atoms with Crippen LogP contribution in [0.15, 0.2) is 59.6 Å². The Morgan fingerprint density at radius 3 is 2.23 bits per heavy atom. The van der Waals surface area contributed by atoms with Crippen molar-refractivity contribution < 1.29 is 4.74 Å². The first kappa shape index (κ1) is 22.1. The summed E-state index contributed by atoms with van der Waals surface area (Å²) < 4.78 is 5.70. The lowest BCUT2D eigenvalue weighted by atomic mass is 10.1. The monoisotopic (exact) mass is 409 g/mol. The molecule has 162 valence electrons. The Hall–Kier alpha value is -2.57. The quantitative estimate of drug-likeness (QED) is 0.379. The molecular formula is C24H35N5O. The van der Waals surface area contributed by atoms with Crippen molar-refractivity contribution in [3.05, 3.63) is 65.7 Å². The topological polar surface area (TPSA) is 52.1 Å². The van der Waals surface area contributed by atoms with Gasteiger partial charge in [0.25, 0.3) is 0 Å². The van der Waals surface area contributed by atoms with Crippen molar-refractivity contribution >= 4 is 5.96 Å². The van der Waals surface area contributed by atoms with Gasteiger partial charge in [-0.1, -0.05) is 49.4 Å². The molecular weight excluding hydrogens is 374 g/mol. The summed E-state index contributed by atoms with van der Waals surface area (Å²) in [6, 6.07) is 18.7. The van der Waals surface area contributed by atoms with Gasteiger partial charge in [0.15, 0.2) is 5.96 Å². The summed E-state index contributed by atoms with van der Waals surface area (Å²) in [7, 11) is 1.79. The fourth-order valence-corrected chi connectivity index (χ4v) is 3.55. The maximum Gasteiger partial charge on any atom is 0.191 e. The van der Waals surface area contributed by atoms with Gasteiger partial charge >= 0.3 is 0 Å². The second kappa shape index (κ2) is 12.2. The summed E-state index contributed by atoms with van der Waals surface area (Å²) in [6.45, 7) is 11.1. The second-order valence-corrected chi connectivity index (χ2v) is 7.54. The number of guanidine groups is 1. The van der Waals surface area contributed by atoms with Crippen LogP contribution in [-0.4, -0.2) is 68.7 Å². The number of rotatable bonds is 9. The molecule has 2 aromatic rings. The van der Waals surface area contributed by atoms with Crippen molar-refractivity contribution in [2.45, 2.75) is 20.0 Å². The van der Waals surface area contributed by atoms with E-state index in [0.29, 0.717) is 13.2 Å². The van der Waals surface area contributed by atoms with Gasteiger partial charge in [0.1, 0.15) is 12.4 Å². The molecule has 1 aliphatic rings. The van der Waals surface area contributed by atoms with Crippen LogP contribution in [0.2, 0.25) is 0 Å². The highest BCUT2D eigenvalue weighted by atomic mass is 16.5. The number of nitrogens with one attached hydrogen (secondary N) is 2. The third-order valence-corrected chi connectivity index (χ3v) is 5.43. The fraction of sp³-hybridized carbons (Fsp3) is 0.458. The number of hydrogen-bond acceptors (Lipinski definition) is 4. The smallest absolute Gasteiger partial charge is 0.191 e. The molecule has 2 aromatic carbocycles. The Kier molecular flexibility index (Phi) is 9.00. The van der Waals surface area contributed by atoms with Crippen molar-refractivity contribution in [2.75, 3.05) is 52.9 Å². The average Bonchev–Trinajstić information content (AvgIpc) is 2.81. The third kappa shape index (κ3) is 7.35. The van der Waals surface area contributed by atoms with Gasteiger partial charge in [-0.25, -0.2) is 0 Å². The van der Waals surface area contributed by atoms with E-state index in [2.05, 4.69) is 56.6 Å². The van der Waals surface area contributed by atoms with Gasteiger partial charge < -0.3 is 20.3 Å². The van der Waals surface area contributed by atoms with Crippen molar-refractivity contribution in [2.24, 2.45) is 4.99 Å². The molecule has 1 aliphatic heterocycles. The van der Waals surface area contributed by atoms with E-state index < -0.39 is 0 Å². The summed E-state index contributed by atoms with van der Waals surface area (Å²) in [5, 5.41) is 6.65. The Morgan fingerprint density at radius 1 is 0.900 bits per heavy atom. The Labute approximate surface area is 180 Å². The van der Waals surface area contributed by atoms with E-state index in [1.165, 1.54) is 24.2 Å². The van der Waals surface area contributed by atoms with Crippen molar-refractivity contribution in [3.63, 3.8) is 0 Å². The second-order valence-electron chi connectivity index (χ2n) is 7.54. The summed E-state index contributed by atoms with van der Waals surface area (Å²) in [6.07, 6.45) is 0. The molecule has 0 unspecified atom stereocenters. The first-order valence-electron chi connectivity index (χ1n) is 10.9. The normalized spacial score (nSPS) is 15.7. The third-order valence-electron chi connectivity index (χ3n) is 5.43. The molecule has 0 aromatic heterocycles. The van der Waals surface area contributed by atoms with Gasteiger partial charge in [-0.2, -0.15) is 0 Å². The molecule has 0 amide bonds. The lowest BCUT2D eigenvalue weighted by molar-refractivity contribution is 0.132. The highest BCUT2D eigenvalue weighted by molar-refractivity contribution is 5.79. The van der Waals surface area contributed by atoms with Crippen LogP contribution in [0, 0.1) is 0 Å². The molecule has 6 heteroatoms. The number of piperazine rings is 1. The van der Waals surface area contributed by atoms with Crippen LogP contribution in [0.1, 0.15) is 18.1 Å². The van der Waals surface area contributed by atoms with Crippen molar-refractivity contribution in [3.8, 4) is 5.75 Å². The Bertz CT molecular complexity index is 755. The van der Waals surface area contributed by atoms with Crippen molar-refractivity contribution in [1.29, 1.82) is 0 Å². The number of likely N-dealkylation sites (N-methyl/N-ethyl adjacent to an activating group) is 1. The molecule has 1 fully saturated rings. The van der Waals surface area contributed by atoms with Crippen LogP contribution in [0.5, 0.6) is 5.75 Å².